The molecular formula is C19H18N2O5. The van der Waals surface area contributed by atoms with Crippen LogP contribution in [0.25, 0.3) is 11.4 Å². The number of hydrogen-bond acceptors (Lipinski definition) is 7. The van der Waals surface area contributed by atoms with Crippen molar-refractivity contribution in [1.82, 2.24) is 10.1 Å². The van der Waals surface area contributed by atoms with E-state index in [9.17, 15) is 4.79 Å². The smallest absolute Gasteiger partial charge is 0.338 e. The Morgan fingerprint density at radius 2 is 1.92 bits per heavy atom. The van der Waals surface area contributed by atoms with Crippen molar-refractivity contribution in [1.29, 1.82) is 0 Å². The van der Waals surface area contributed by atoms with E-state index in [1.54, 1.807) is 18.2 Å². The molecule has 0 atom stereocenters. The molecule has 0 aliphatic carbocycles. The number of aromatic nitrogens is 2. The van der Waals surface area contributed by atoms with Gasteiger partial charge in [0.25, 0.3) is 5.89 Å². The molecule has 0 unspecified atom stereocenters. The van der Waals surface area contributed by atoms with E-state index in [2.05, 4.69) is 10.1 Å². The van der Waals surface area contributed by atoms with E-state index >= 15 is 0 Å². The van der Waals surface area contributed by atoms with Gasteiger partial charge >= 0.3 is 5.97 Å². The molecule has 134 valence electrons. The average molecular weight is 354 g/mol. The zero-order chi connectivity index (χ0) is 18.4. The molecule has 2 aromatic carbocycles. The fourth-order valence-electron chi connectivity index (χ4n) is 2.30. The van der Waals surface area contributed by atoms with Crippen molar-refractivity contribution < 1.29 is 23.5 Å². The van der Waals surface area contributed by atoms with Crippen molar-refractivity contribution >= 4 is 5.97 Å². The Labute approximate surface area is 150 Å². The fourth-order valence-corrected chi connectivity index (χ4v) is 2.30. The predicted octanol–water partition coefficient (Wildman–Crippen LogP) is 3.50. The molecule has 0 radical (unpaired) electrons. The molecule has 0 aliphatic rings. The maximum Gasteiger partial charge on any atom is 0.338 e. The highest BCUT2D eigenvalue weighted by Crippen LogP contribution is 2.28. The van der Waals surface area contributed by atoms with Gasteiger partial charge in [-0.15, -0.1) is 0 Å². The van der Waals surface area contributed by atoms with Gasteiger partial charge in [-0.2, -0.15) is 4.98 Å². The molecule has 7 nitrogen and oxygen atoms in total. The van der Waals surface area contributed by atoms with Crippen LogP contribution in [0.3, 0.4) is 0 Å². The summed E-state index contributed by atoms with van der Waals surface area (Å²) in [5.74, 6) is 1.17. The zero-order valence-electron chi connectivity index (χ0n) is 14.5. The molecule has 1 heterocycles. The van der Waals surface area contributed by atoms with Crippen LogP contribution in [0, 0.1) is 0 Å². The Kier molecular flexibility index (Phi) is 5.48. The minimum atomic E-state index is -0.522. The largest absolute Gasteiger partial charge is 0.493 e. The van der Waals surface area contributed by atoms with Crippen molar-refractivity contribution in [2.24, 2.45) is 0 Å². The summed E-state index contributed by atoms with van der Waals surface area (Å²) in [5, 5.41) is 3.88. The Bertz CT molecular complexity index is 877. The van der Waals surface area contributed by atoms with E-state index in [4.69, 9.17) is 18.7 Å². The summed E-state index contributed by atoms with van der Waals surface area (Å²) >= 11 is 0. The van der Waals surface area contributed by atoms with Crippen LogP contribution in [-0.4, -0.2) is 29.8 Å². The van der Waals surface area contributed by atoms with Crippen LogP contribution >= 0.6 is 0 Å². The molecule has 1 aromatic heterocycles. The summed E-state index contributed by atoms with van der Waals surface area (Å²) in [6.07, 6.45) is 0. The predicted molar refractivity (Wildman–Crippen MR) is 93.0 cm³/mol. The van der Waals surface area contributed by atoms with Gasteiger partial charge in [-0.05, 0) is 25.1 Å². The van der Waals surface area contributed by atoms with E-state index in [1.807, 2.05) is 37.3 Å². The lowest BCUT2D eigenvalue weighted by Gasteiger charge is -2.10. The molecular weight excluding hydrogens is 336 g/mol. The summed E-state index contributed by atoms with van der Waals surface area (Å²) in [5.41, 5.74) is 1.16. The molecule has 3 aromatic rings. The van der Waals surface area contributed by atoms with Crippen molar-refractivity contribution in [2.75, 3.05) is 13.7 Å². The first-order chi connectivity index (χ1) is 12.7. The first-order valence-electron chi connectivity index (χ1n) is 8.07. The Morgan fingerprint density at radius 1 is 1.12 bits per heavy atom. The van der Waals surface area contributed by atoms with Crippen LogP contribution in [0.5, 0.6) is 11.5 Å². The molecule has 0 N–H and O–H groups in total. The summed E-state index contributed by atoms with van der Waals surface area (Å²) in [7, 11) is 1.51. The minimum Gasteiger partial charge on any atom is -0.493 e. The second-order valence-corrected chi connectivity index (χ2v) is 5.25. The quantitative estimate of drug-likeness (QED) is 0.600. The van der Waals surface area contributed by atoms with Gasteiger partial charge in [-0.3, -0.25) is 0 Å². The van der Waals surface area contributed by atoms with Gasteiger partial charge in [0.15, 0.2) is 18.1 Å². The molecule has 0 bridgehead atoms. The first-order valence-corrected chi connectivity index (χ1v) is 8.07. The van der Waals surface area contributed by atoms with Gasteiger partial charge in [-0.1, -0.05) is 35.5 Å². The molecule has 0 spiro atoms. The Balaban J connectivity index is 1.65. The van der Waals surface area contributed by atoms with Crippen LogP contribution in [0.15, 0.2) is 53.1 Å². The van der Waals surface area contributed by atoms with Crippen LogP contribution in [0.2, 0.25) is 0 Å². The van der Waals surface area contributed by atoms with Gasteiger partial charge in [-0.25, -0.2) is 4.79 Å². The monoisotopic (exact) mass is 354 g/mol. The fraction of sp³-hybridized carbons (Fsp3) is 0.211. The number of hydrogen-bond donors (Lipinski definition) is 0. The molecule has 3 rings (SSSR count). The zero-order valence-corrected chi connectivity index (χ0v) is 14.5. The third-order valence-corrected chi connectivity index (χ3v) is 3.53. The molecule has 0 aliphatic heterocycles. The van der Waals surface area contributed by atoms with Gasteiger partial charge in [0.2, 0.25) is 5.82 Å². The molecule has 0 amide bonds. The topological polar surface area (TPSA) is 83.7 Å². The lowest BCUT2D eigenvalue weighted by Crippen LogP contribution is -2.06. The molecule has 0 fully saturated rings. The third-order valence-electron chi connectivity index (χ3n) is 3.53. The number of ether oxygens (including phenoxy) is 3. The first kappa shape index (κ1) is 17.5. The molecule has 0 saturated carbocycles. The standard InChI is InChI=1S/C19H18N2O5/c1-3-24-15-10-9-14(11-16(15)23-2)19(22)25-12-17-20-18(21-26-17)13-7-5-4-6-8-13/h4-11H,3,12H2,1-2H3. The summed E-state index contributed by atoms with van der Waals surface area (Å²) in [6.45, 7) is 2.25. The van der Waals surface area contributed by atoms with Crippen molar-refractivity contribution in [2.45, 2.75) is 13.5 Å². The SMILES string of the molecule is CCOc1ccc(C(=O)OCc2nc(-c3ccccc3)no2)cc1OC. The van der Waals surface area contributed by atoms with E-state index in [0.29, 0.717) is 29.5 Å². The van der Waals surface area contributed by atoms with Gasteiger partial charge < -0.3 is 18.7 Å². The van der Waals surface area contributed by atoms with Gasteiger partial charge in [0, 0.05) is 5.56 Å². The lowest BCUT2D eigenvalue weighted by molar-refractivity contribution is 0.0429. The average Bonchev–Trinajstić information content (AvgIpc) is 3.16. The maximum absolute atomic E-state index is 12.2. The Hall–Kier alpha value is -3.35. The number of rotatable bonds is 7. The highest BCUT2D eigenvalue weighted by atomic mass is 16.6. The van der Waals surface area contributed by atoms with E-state index in [-0.39, 0.29) is 12.5 Å². The van der Waals surface area contributed by atoms with E-state index < -0.39 is 5.97 Å². The number of carbonyl (C=O) groups is 1. The third kappa shape index (κ3) is 4.00. The van der Waals surface area contributed by atoms with Crippen LogP contribution in [0.1, 0.15) is 23.2 Å². The number of methoxy groups -OCH3 is 1. The number of esters is 1. The highest BCUT2D eigenvalue weighted by molar-refractivity contribution is 5.90. The number of benzene rings is 2. The number of carbonyl (C=O) groups excluding carboxylic acids is 1. The number of nitrogens with zero attached hydrogens (tertiary/aromatic N) is 2. The summed E-state index contributed by atoms with van der Waals surface area (Å²) < 4.78 is 21.0. The van der Waals surface area contributed by atoms with E-state index in [0.717, 1.165) is 5.56 Å². The van der Waals surface area contributed by atoms with Crippen molar-refractivity contribution in [3.05, 3.63) is 60.0 Å². The second kappa shape index (κ2) is 8.15. The van der Waals surface area contributed by atoms with E-state index in [1.165, 1.54) is 7.11 Å². The summed E-state index contributed by atoms with van der Waals surface area (Å²) in [6, 6.07) is 14.2. The minimum absolute atomic E-state index is 0.117. The van der Waals surface area contributed by atoms with Crippen LogP contribution in [0.4, 0.5) is 0 Å². The van der Waals surface area contributed by atoms with Crippen LogP contribution in [-0.2, 0) is 11.3 Å². The van der Waals surface area contributed by atoms with Gasteiger partial charge in [0.05, 0.1) is 19.3 Å². The maximum atomic E-state index is 12.2. The molecule has 7 heteroatoms. The highest BCUT2D eigenvalue weighted by Gasteiger charge is 2.15. The van der Waals surface area contributed by atoms with Crippen molar-refractivity contribution in [3.63, 3.8) is 0 Å². The van der Waals surface area contributed by atoms with Gasteiger partial charge in [0.1, 0.15) is 0 Å². The van der Waals surface area contributed by atoms with Crippen LogP contribution < -0.4 is 9.47 Å². The molecule has 0 saturated heterocycles. The second-order valence-electron chi connectivity index (χ2n) is 5.25. The van der Waals surface area contributed by atoms with Crippen molar-refractivity contribution in [3.8, 4) is 22.9 Å². The lowest BCUT2D eigenvalue weighted by atomic mass is 10.2. The Morgan fingerprint density at radius 3 is 2.65 bits per heavy atom. The normalized spacial score (nSPS) is 10.4. The molecule has 26 heavy (non-hydrogen) atoms. The summed E-state index contributed by atoms with van der Waals surface area (Å²) in [4.78, 5) is 16.4.